The Bertz CT molecular complexity index is 1000. The number of hydrogen-bond acceptors (Lipinski definition) is 8. The summed E-state index contributed by atoms with van der Waals surface area (Å²) in [6.45, 7) is 17.0. The number of allylic oxidation sites excluding steroid dienone is 2. The van der Waals surface area contributed by atoms with Gasteiger partial charge in [-0.1, -0.05) is 71.3 Å². The summed E-state index contributed by atoms with van der Waals surface area (Å²) >= 11 is 0. The molecule has 8 heteroatoms. The number of aliphatic hydroxyl groups excluding tert-OH is 1. The minimum atomic E-state index is -1.17. The van der Waals surface area contributed by atoms with Crippen LogP contribution >= 0.6 is 0 Å². The highest BCUT2D eigenvalue weighted by Gasteiger charge is 2.72. The van der Waals surface area contributed by atoms with Gasteiger partial charge in [-0.3, -0.25) is 19.1 Å². The van der Waals surface area contributed by atoms with E-state index in [1.54, 1.807) is 12.2 Å². The van der Waals surface area contributed by atoms with E-state index in [9.17, 15) is 19.5 Å². The Kier molecular flexibility index (Phi) is 10.8. The molecule has 0 bridgehead atoms. The quantitative estimate of drug-likeness (QED) is 0.0971. The van der Waals surface area contributed by atoms with Crippen molar-refractivity contribution < 1.29 is 38.4 Å². The zero-order chi connectivity index (χ0) is 29.7. The van der Waals surface area contributed by atoms with Crippen molar-refractivity contribution in [3.8, 4) is 0 Å². The maximum absolute atomic E-state index is 13.2. The molecule has 1 N–H and O–H groups in total. The van der Waals surface area contributed by atoms with E-state index in [2.05, 4.69) is 33.9 Å². The fourth-order valence-corrected chi connectivity index (χ4v) is 7.15. The van der Waals surface area contributed by atoms with Gasteiger partial charge in [-0.25, -0.2) is 0 Å². The van der Waals surface area contributed by atoms with E-state index < -0.39 is 42.1 Å². The fraction of sp³-hybridized carbons (Fsp3) is 0.719. The van der Waals surface area contributed by atoms with E-state index in [-0.39, 0.29) is 23.2 Å². The number of hydrogen-bond donors (Lipinski definition) is 1. The predicted molar refractivity (Wildman–Crippen MR) is 151 cm³/mol. The van der Waals surface area contributed by atoms with Crippen LogP contribution in [0.4, 0.5) is 0 Å². The highest BCUT2D eigenvalue weighted by molar-refractivity contribution is 5.70. The molecule has 0 aromatic carbocycles. The Morgan fingerprint density at radius 3 is 2.38 bits per heavy atom. The first-order valence-electron chi connectivity index (χ1n) is 14.8. The first kappa shape index (κ1) is 32.1. The van der Waals surface area contributed by atoms with Gasteiger partial charge in [0.1, 0.15) is 11.5 Å². The van der Waals surface area contributed by atoms with Crippen LogP contribution in [0.25, 0.3) is 0 Å². The van der Waals surface area contributed by atoms with Crippen molar-refractivity contribution in [3.63, 3.8) is 0 Å². The Labute approximate surface area is 239 Å². The standard InChI is InChI=1S/C32H48O8/c1-8-10-11-12-13-14-28(36)39-27-17-21(4)31(7,16-15-20(3)9-2)26-19-24(35)18-25-29(37-22(5)33)40-30(32(25,26)27)38-23(6)34/h9,18,21,24,26-27,29-30,35H,2-3,8,10-17,19H2,1,4-7H3/t21-,24+,26+,27+,29+,30-,31-,32-/m1/s1. The lowest BCUT2D eigenvalue weighted by Crippen LogP contribution is -2.63. The molecule has 0 amide bonds. The molecule has 1 aliphatic heterocycles. The molecule has 2 aliphatic carbocycles. The van der Waals surface area contributed by atoms with Crippen LogP contribution in [-0.2, 0) is 33.3 Å². The summed E-state index contributed by atoms with van der Waals surface area (Å²) in [5, 5.41) is 11.1. The second-order valence-electron chi connectivity index (χ2n) is 12.1. The molecule has 2 fully saturated rings. The second-order valence-corrected chi connectivity index (χ2v) is 12.1. The molecular formula is C32H48O8. The van der Waals surface area contributed by atoms with Crippen molar-refractivity contribution in [1.82, 2.24) is 0 Å². The van der Waals surface area contributed by atoms with E-state index in [0.717, 1.165) is 44.1 Å². The number of unbranched alkanes of at least 4 members (excludes halogenated alkanes) is 4. The average molecular weight is 561 g/mol. The SMILES string of the molecule is C=CC(=C)CC[C@]1(C)[C@H](C)C[C@H](OC(=O)CCCCCCC)[C@@]23C(=C[C@H](O)C[C@@H]12)[C@@H](OC(C)=O)O[C@H]3OC(C)=O. The zero-order valence-corrected chi connectivity index (χ0v) is 24.9. The normalized spacial score (nSPS) is 34.6. The van der Waals surface area contributed by atoms with Crippen molar-refractivity contribution in [2.45, 2.75) is 124 Å². The van der Waals surface area contributed by atoms with Gasteiger partial charge in [0.15, 0.2) is 0 Å². The van der Waals surface area contributed by atoms with Crippen LogP contribution in [-0.4, -0.2) is 47.8 Å². The smallest absolute Gasteiger partial charge is 0.306 e. The topological polar surface area (TPSA) is 108 Å². The highest BCUT2D eigenvalue weighted by Crippen LogP contribution is 2.67. The molecule has 0 aromatic rings. The molecule has 40 heavy (non-hydrogen) atoms. The van der Waals surface area contributed by atoms with Gasteiger partial charge in [-0.2, -0.15) is 0 Å². The Morgan fingerprint density at radius 2 is 1.75 bits per heavy atom. The predicted octanol–water partition coefficient (Wildman–Crippen LogP) is 5.93. The maximum Gasteiger partial charge on any atom is 0.306 e. The van der Waals surface area contributed by atoms with E-state index in [0.29, 0.717) is 31.3 Å². The van der Waals surface area contributed by atoms with Crippen molar-refractivity contribution in [1.29, 1.82) is 0 Å². The minimum Gasteiger partial charge on any atom is -0.461 e. The van der Waals surface area contributed by atoms with Crippen LogP contribution in [0.1, 0.15) is 98.8 Å². The lowest BCUT2D eigenvalue weighted by atomic mass is 9.45. The van der Waals surface area contributed by atoms with Gasteiger partial charge in [-0.15, -0.1) is 0 Å². The molecule has 8 nitrogen and oxygen atoms in total. The summed E-state index contributed by atoms with van der Waals surface area (Å²) in [4.78, 5) is 37.7. The van der Waals surface area contributed by atoms with Gasteiger partial charge < -0.3 is 19.3 Å². The van der Waals surface area contributed by atoms with Gasteiger partial charge in [0.05, 0.1) is 6.10 Å². The van der Waals surface area contributed by atoms with Crippen LogP contribution in [0.2, 0.25) is 0 Å². The van der Waals surface area contributed by atoms with Crippen molar-refractivity contribution in [3.05, 3.63) is 36.5 Å². The summed E-state index contributed by atoms with van der Waals surface area (Å²) in [6, 6.07) is 0. The molecule has 3 aliphatic rings. The highest BCUT2D eigenvalue weighted by atomic mass is 16.8. The lowest BCUT2D eigenvalue weighted by Gasteiger charge is -2.60. The molecule has 1 saturated heterocycles. The summed E-state index contributed by atoms with van der Waals surface area (Å²) < 4.78 is 23.8. The minimum absolute atomic E-state index is 0.0837. The summed E-state index contributed by atoms with van der Waals surface area (Å²) in [5.74, 6) is -1.68. The first-order valence-corrected chi connectivity index (χ1v) is 14.8. The van der Waals surface area contributed by atoms with Crippen LogP contribution in [0.15, 0.2) is 36.5 Å². The maximum atomic E-state index is 13.2. The molecule has 1 spiro atoms. The Balaban J connectivity index is 2.08. The van der Waals surface area contributed by atoms with E-state index >= 15 is 0 Å². The lowest BCUT2D eigenvalue weighted by molar-refractivity contribution is -0.257. The largest absolute Gasteiger partial charge is 0.461 e. The van der Waals surface area contributed by atoms with Gasteiger partial charge in [0.25, 0.3) is 0 Å². The van der Waals surface area contributed by atoms with Crippen LogP contribution < -0.4 is 0 Å². The van der Waals surface area contributed by atoms with Crippen molar-refractivity contribution >= 4 is 17.9 Å². The third-order valence-electron chi connectivity index (χ3n) is 9.42. The van der Waals surface area contributed by atoms with E-state index in [4.69, 9.17) is 18.9 Å². The molecule has 1 saturated carbocycles. The number of carbonyl (C=O) groups is 3. The van der Waals surface area contributed by atoms with Crippen LogP contribution in [0.5, 0.6) is 0 Å². The van der Waals surface area contributed by atoms with Gasteiger partial charge in [0, 0.05) is 25.8 Å². The summed E-state index contributed by atoms with van der Waals surface area (Å²) in [7, 11) is 0. The molecule has 0 aromatic heterocycles. The molecule has 0 radical (unpaired) electrons. The number of esters is 3. The Hall–Kier alpha value is -2.45. The van der Waals surface area contributed by atoms with Crippen LogP contribution in [0, 0.1) is 22.7 Å². The second kappa shape index (κ2) is 13.5. The third kappa shape index (κ3) is 6.54. The Morgan fingerprint density at radius 1 is 1.07 bits per heavy atom. The molecule has 1 heterocycles. The monoisotopic (exact) mass is 560 g/mol. The fourth-order valence-electron chi connectivity index (χ4n) is 7.15. The number of rotatable bonds is 13. The first-order chi connectivity index (χ1) is 18.9. The number of carbonyl (C=O) groups excluding carboxylic acids is 3. The molecule has 0 unspecified atom stereocenters. The molecule has 3 rings (SSSR count). The van der Waals surface area contributed by atoms with Gasteiger partial charge in [0.2, 0.25) is 12.6 Å². The number of aliphatic hydroxyl groups is 1. The van der Waals surface area contributed by atoms with Gasteiger partial charge >= 0.3 is 17.9 Å². The average Bonchev–Trinajstić information content (AvgIpc) is 3.16. The molecule has 8 atom stereocenters. The third-order valence-corrected chi connectivity index (χ3v) is 9.42. The van der Waals surface area contributed by atoms with Crippen molar-refractivity contribution in [2.24, 2.45) is 22.7 Å². The summed E-state index contributed by atoms with van der Waals surface area (Å²) in [5.41, 5.74) is -0.107. The number of ether oxygens (including phenoxy) is 4. The molecule has 224 valence electrons. The van der Waals surface area contributed by atoms with E-state index in [1.807, 2.05) is 0 Å². The van der Waals surface area contributed by atoms with E-state index in [1.165, 1.54) is 13.8 Å². The molecular weight excluding hydrogens is 512 g/mol. The summed E-state index contributed by atoms with van der Waals surface area (Å²) in [6.07, 6.45) is 7.09. The van der Waals surface area contributed by atoms with Crippen molar-refractivity contribution in [2.75, 3.05) is 0 Å². The zero-order valence-electron chi connectivity index (χ0n) is 24.9. The van der Waals surface area contributed by atoms with Crippen LogP contribution in [0.3, 0.4) is 0 Å². The van der Waals surface area contributed by atoms with Gasteiger partial charge in [-0.05, 0) is 55.4 Å².